The summed E-state index contributed by atoms with van der Waals surface area (Å²) < 4.78 is 10.4. The minimum Gasteiger partial charge on any atom is -0.382 e. The van der Waals surface area contributed by atoms with E-state index >= 15 is 0 Å². The summed E-state index contributed by atoms with van der Waals surface area (Å²) in [6.45, 7) is 1.41. The topological polar surface area (TPSA) is 55.8 Å². The third kappa shape index (κ3) is 5.26. The number of ether oxygens (including phenoxy) is 2. The Morgan fingerprint density at radius 3 is 1.71 bits per heavy atom. The van der Waals surface area contributed by atoms with Gasteiger partial charge in [-0.25, -0.2) is 0 Å². The number of carbonyl (C=O) groups excluding carboxylic acids is 2. The van der Waals surface area contributed by atoms with Gasteiger partial charge in [0.2, 0.25) is 0 Å². The summed E-state index contributed by atoms with van der Waals surface area (Å²) >= 11 is 2.65. The Labute approximate surface area is 173 Å². The molecule has 2 aromatic carbocycles. The van der Waals surface area contributed by atoms with Crippen molar-refractivity contribution in [3.8, 4) is 0 Å². The highest BCUT2D eigenvalue weighted by Gasteiger charge is 2.39. The second-order valence-electron chi connectivity index (χ2n) is 5.86. The van der Waals surface area contributed by atoms with E-state index < -0.39 is 0 Å². The van der Waals surface area contributed by atoms with Gasteiger partial charge in [-0.2, -0.15) is 0 Å². The molecule has 0 atom stereocenters. The molecule has 0 bridgehead atoms. The summed E-state index contributed by atoms with van der Waals surface area (Å²) in [6.07, 6.45) is 0. The predicted octanol–water partition coefficient (Wildman–Crippen LogP) is 3.81. The van der Waals surface area contributed by atoms with Crippen molar-refractivity contribution >= 4 is 35.3 Å². The molecule has 0 saturated heterocycles. The first kappa shape index (κ1) is 20.7. The number of hydrogen-bond acceptors (Lipinski definition) is 6. The van der Waals surface area contributed by atoms with Crippen molar-refractivity contribution in [2.24, 2.45) is 0 Å². The van der Waals surface area contributed by atoms with Crippen LogP contribution in [0.2, 0.25) is 0 Å². The van der Waals surface area contributed by atoms with Gasteiger partial charge in [-0.15, -0.1) is 0 Å². The molecule has 3 rings (SSSR count). The average molecular weight is 416 g/mol. The van der Waals surface area contributed by atoms with Gasteiger partial charge in [0.15, 0.2) is 0 Å². The van der Waals surface area contributed by atoms with E-state index in [0.29, 0.717) is 23.0 Å². The molecule has 0 unspecified atom stereocenters. The maximum atomic E-state index is 13.0. The molecular weight excluding hydrogens is 394 g/mol. The average Bonchev–Trinajstić information content (AvgIpc) is 2.94. The number of carbonyl (C=O) groups is 2. The van der Waals surface area contributed by atoms with Gasteiger partial charge in [-0.05, 0) is 24.3 Å². The van der Waals surface area contributed by atoms with E-state index in [-0.39, 0.29) is 25.0 Å². The molecule has 0 aromatic heterocycles. The van der Waals surface area contributed by atoms with E-state index in [0.717, 1.165) is 9.79 Å². The molecule has 28 heavy (non-hydrogen) atoms. The molecule has 2 aromatic rings. The fourth-order valence-corrected chi connectivity index (χ4v) is 4.59. The Kier molecular flexibility index (Phi) is 7.73. The van der Waals surface area contributed by atoms with Crippen LogP contribution < -0.4 is 0 Å². The fourth-order valence-electron chi connectivity index (χ4n) is 2.53. The predicted molar refractivity (Wildman–Crippen MR) is 111 cm³/mol. The molecule has 0 radical (unpaired) electrons. The van der Waals surface area contributed by atoms with Crippen molar-refractivity contribution in [3.63, 3.8) is 0 Å². The van der Waals surface area contributed by atoms with Gasteiger partial charge in [-0.1, -0.05) is 59.9 Å². The van der Waals surface area contributed by atoms with Gasteiger partial charge in [0, 0.05) is 16.9 Å². The quantitative estimate of drug-likeness (QED) is 0.434. The third-order valence-corrected chi connectivity index (χ3v) is 6.21. The Hall–Kier alpha value is -2.06. The SMILES string of the molecule is COCCOCCN1C(=O)C(Sc2ccccc2)=C(Sc2ccccc2)C1=O. The molecular formula is C21H21NO4S2. The Balaban J connectivity index is 1.78. The van der Waals surface area contributed by atoms with Crippen molar-refractivity contribution in [1.29, 1.82) is 0 Å². The standard InChI is InChI=1S/C21H21NO4S2/c1-25-14-15-26-13-12-22-20(23)18(27-16-8-4-2-5-9-16)19(21(22)24)28-17-10-6-3-7-11-17/h2-11H,12-15H2,1H3. The van der Waals surface area contributed by atoms with Crippen LogP contribution in [0, 0.1) is 0 Å². The second kappa shape index (κ2) is 10.5. The van der Waals surface area contributed by atoms with Crippen molar-refractivity contribution in [1.82, 2.24) is 4.90 Å². The van der Waals surface area contributed by atoms with E-state index in [4.69, 9.17) is 9.47 Å². The summed E-state index contributed by atoms with van der Waals surface area (Å²) in [5.74, 6) is -0.541. The molecule has 2 amide bonds. The Morgan fingerprint density at radius 1 is 0.750 bits per heavy atom. The number of benzene rings is 2. The van der Waals surface area contributed by atoms with Crippen LogP contribution in [0.3, 0.4) is 0 Å². The molecule has 1 aliphatic rings. The zero-order valence-electron chi connectivity index (χ0n) is 15.5. The Morgan fingerprint density at radius 2 is 1.25 bits per heavy atom. The highest BCUT2D eigenvalue weighted by Crippen LogP contribution is 2.42. The minimum atomic E-state index is -0.271. The third-order valence-electron chi connectivity index (χ3n) is 3.90. The molecule has 0 spiro atoms. The van der Waals surface area contributed by atoms with Gasteiger partial charge in [0.05, 0.1) is 36.2 Å². The molecule has 7 heteroatoms. The smallest absolute Gasteiger partial charge is 0.268 e. The highest BCUT2D eigenvalue weighted by molar-refractivity contribution is 8.08. The zero-order chi connectivity index (χ0) is 19.8. The second-order valence-corrected chi connectivity index (χ2v) is 8.02. The molecule has 0 saturated carbocycles. The molecule has 146 valence electrons. The van der Waals surface area contributed by atoms with Gasteiger partial charge in [-0.3, -0.25) is 14.5 Å². The van der Waals surface area contributed by atoms with Crippen LogP contribution in [-0.2, 0) is 19.1 Å². The normalized spacial score (nSPS) is 14.2. The van der Waals surface area contributed by atoms with Crippen LogP contribution >= 0.6 is 23.5 Å². The molecule has 0 N–H and O–H groups in total. The van der Waals surface area contributed by atoms with E-state index in [2.05, 4.69) is 0 Å². The monoisotopic (exact) mass is 415 g/mol. The minimum absolute atomic E-state index is 0.221. The number of methoxy groups -OCH3 is 1. The lowest BCUT2D eigenvalue weighted by Gasteiger charge is -2.15. The van der Waals surface area contributed by atoms with E-state index in [1.807, 2.05) is 60.7 Å². The van der Waals surface area contributed by atoms with E-state index in [9.17, 15) is 9.59 Å². The van der Waals surface area contributed by atoms with Crippen molar-refractivity contribution in [3.05, 3.63) is 70.5 Å². The van der Waals surface area contributed by atoms with Gasteiger partial charge in [0.1, 0.15) is 0 Å². The Bertz CT molecular complexity index is 776. The van der Waals surface area contributed by atoms with Crippen LogP contribution in [0.15, 0.2) is 80.3 Å². The molecule has 0 fully saturated rings. The first-order chi connectivity index (χ1) is 13.7. The van der Waals surface area contributed by atoms with E-state index in [1.54, 1.807) is 7.11 Å². The summed E-state index contributed by atoms with van der Waals surface area (Å²) in [4.78, 5) is 30.0. The number of hydrogen-bond donors (Lipinski definition) is 0. The fraction of sp³-hybridized carbons (Fsp3) is 0.238. The number of amides is 2. The largest absolute Gasteiger partial charge is 0.382 e. The summed E-state index contributed by atoms with van der Waals surface area (Å²) in [5, 5.41) is 0. The number of rotatable bonds is 10. The lowest BCUT2D eigenvalue weighted by molar-refractivity contribution is -0.137. The van der Waals surface area contributed by atoms with Crippen molar-refractivity contribution in [2.45, 2.75) is 9.79 Å². The number of thioether (sulfide) groups is 2. The number of nitrogens with zero attached hydrogens (tertiary/aromatic N) is 1. The molecule has 1 aliphatic heterocycles. The maximum absolute atomic E-state index is 13.0. The van der Waals surface area contributed by atoms with Gasteiger partial charge >= 0.3 is 0 Å². The first-order valence-electron chi connectivity index (χ1n) is 8.83. The molecule has 1 heterocycles. The van der Waals surface area contributed by atoms with Crippen molar-refractivity contribution < 1.29 is 19.1 Å². The lowest BCUT2D eigenvalue weighted by atomic mass is 10.4. The van der Waals surface area contributed by atoms with Crippen LogP contribution in [-0.4, -0.2) is 50.2 Å². The van der Waals surface area contributed by atoms with E-state index in [1.165, 1.54) is 28.4 Å². The number of imide groups is 1. The van der Waals surface area contributed by atoms with Crippen molar-refractivity contribution in [2.75, 3.05) is 33.5 Å². The molecule has 0 aliphatic carbocycles. The van der Waals surface area contributed by atoms with Crippen LogP contribution in [0.25, 0.3) is 0 Å². The van der Waals surface area contributed by atoms with Gasteiger partial charge < -0.3 is 9.47 Å². The maximum Gasteiger partial charge on any atom is 0.268 e. The lowest BCUT2D eigenvalue weighted by Crippen LogP contribution is -2.34. The highest BCUT2D eigenvalue weighted by atomic mass is 32.2. The van der Waals surface area contributed by atoms with Crippen LogP contribution in [0.4, 0.5) is 0 Å². The van der Waals surface area contributed by atoms with Gasteiger partial charge in [0.25, 0.3) is 11.8 Å². The summed E-state index contributed by atoms with van der Waals surface area (Å²) in [6, 6.07) is 19.2. The van der Waals surface area contributed by atoms with Crippen LogP contribution in [0.1, 0.15) is 0 Å². The zero-order valence-corrected chi connectivity index (χ0v) is 17.1. The summed E-state index contributed by atoms with van der Waals surface area (Å²) in [7, 11) is 1.60. The summed E-state index contributed by atoms with van der Waals surface area (Å²) in [5.41, 5.74) is 0. The first-order valence-corrected chi connectivity index (χ1v) is 10.5. The van der Waals surface area contributed by atoms with Crippen LogP contribution in [0.5, 0.6) is 0 Å². The molecule has 5 nitrogen and oxygen atoms in total.